The normalized spacial score (nSPS) is 11.7. The van der Waals surface area contributed by atoms with Crippen LogP contribution in [0.15, 0.2) is 40.5 Å². The van der Waals surface area contributed by atoms with Crippen molar-refractivity contribution in [3.05, 3.63) is 51.1 Å². The molecule has 0 fully saturated rings. The van der Waals surface area contributed by atoms with E-state index < -0.39 is 16.7 Å². The molecule has 0 amide bonds. The van der Waals surface area contributed by atoms with E-state index in [0.717, 1.165) is 5.38 Å². The van der Waals surface area contributed by atoms with Crippen LogP contribution in [-0.4, -0.2) is 4.57 Å². The summed E-state index contributed by atoms with van der Waals surface area (Å²) >= 11 is 0.540. The average molecular weight is 245 g/mol. The van der Waals surface area contributed by atoms with E-state index in [4.69, 9.17) is 0 Å². The van der Waals surface area contributed by atoms with Crippen LogP contribution in [-0.2, 0) is 6.18 Å². The largest absolute Gasteiger partial charge is 0.432 e. The van der Waals surface area contributed by atoms with Gasteiger partial charge in [0.25, 0.3) is 0 Å². The fraction of sp³-hybridized carbons (Fsp3) is 0.100. The number of rotatable bonds is 1. The highest BCUT2D eigenvalue weighted by molar-refractivity contribution is 7.07. The van der Waals surface area contributed by atoms with E-state index in [1.54, 1.807) is 18.2 Å². The zero-order valence-corrected chi connectivity index (χ0v) is 8.68. The van der Waals surface area contributed by atoms with Gasteiger partial charge in [-0.3, -0.25) is 9.36 Å². The highest BCUT2D eigenvalue weighted by Gasteiger charge is 2.35. The third kappa shape index (κ3) is 1.88. The minimum atomic E-state index is -4.52. The third-order valence-electron chi connectivity index (χ3n) is 2.00. The van der Waals surface area contributed by atoms with Gasteiger partial charge in [0.2, 0.25) is 0 Å². The van der Waals surface area contributed by atoms with Crippen LogP contribution < -0.4 is 4.87 Å². The maximum Gasteiger partial charge on any atom is 0.432 e. The van der Waals surface area contributed by atoms with Crippen molar-refractivity contribution >= 4 is 11.3 Å². The number of benzene rings is 1. The number of aromatic nitrogens is 1. The summed E-state index contributed by atoms with van der Waals surface area (Å²) < 4.78 is 38.5. The van der Waals surface area contributed by atoms with Crippen LogP contribution in [0.25, 0.3) is 5.69 Å². The molecule has 0 radical (unpaired) electrons. The minimum Gasteiger partial charge on any atom is -0.263 e. The number of nitrogens with zero attached hydrogens (tertiary/aromatic N) is 1. The molecule has 6 heteroatoms. The molecule has 0 N–H and O–H groups in total. The van der Waals surface area contributed by atoms with Crippen LogP contribution in [0.4, 0.5) is 13.2 Å². The molecule has 1 heterocycles. The predicted octanol–water partition coefficient (Wildman–Crippen LogP) is 2.92. The SMILES string of the molecule is O=c1scc(C(F)(F)F)n1-c1ccccc1. The molecule has 1 aromatic carbocycles. The lowest BCUT2D eigenvalue weighted by Gasteiger charge is -2.09. The Morgan fingerprint density at radius 2 is 1.75 bits per heavy atom. The fourth-order valence-electron chi connectivity index (χ4n) is 1.33. The molecule has 2 rings (SSSR count). The second-order valence-corrected chi connectivity index (χ2v) is 3.88. The Bertz CT molecular complexity index is 541. The van der Waals surface area contributed by atoms with Gasteiger partial charge in [0.05, 0.1) is 5.69 Å². The van der Waals surface area contributed by atoms with Gasteiger partial charge < -0.3 is 0 Å². The molecule has 0 spiro atoms. The van der Waals surface area contributed by atoms with E-state index in [0.29, 0.717) is 15.9 Å². The molecule has 16 heavy (non-hydrogen) atoms. The van der Waals surface area contributed by atoms with E-state index in [2.05, 4.69) is 0 Å². The highest BCUT2D eigenvalue weighted by Crippen LogP contribution is 2.30. The molecule has 1 aromatic heterocycles. The molecule has 2 nitrogen and oxygen atoms in total. The molecule has 0 aliphatic rings. The van der Waals surface area contributed by atoms with E-state index in [-0.39, 0.29) is 5.69 Å². The van der Waals surface area contributed by atoms with E-state index in [1.807, 2.05) is 0 Å². The minimum absolute atomic E-state index is 0.223. The highest BCUT2D eigenvalue weighted by atomic mass is 32.1. The van der Waals surface area contributed by atoms with Crippen molar-refractivity contribution in [2.45, 2.75) is 6.18 Å². The third-order valence-corrected chi connectivity index (χ3v) is 2.72. The molecule has 84 valence electrons. The smallest absolute Gasteiger partial charge is 0.263 e. The average Bonchev–Trinajstić information content (AvgIpc) is 2.61. The van der Waals surface area contributed by atoms with Crippen LogP contribution in [0.2, 0.25) is 0 Å². The zero-order valence-electron chi connectivity index (χ0n) is 7.86. The molecule has 0 bridgehead atoms. The van der Waals surface area contributed by atoms with Crippen LogP contribution >= 0.6 is 11.3 Å². The van der Waals surface area contributed by atoms with Crippen LogP contribution in [0.3, 0.4) is 0 Å². The van der Waals surface area contributed by atoms with Crippen molar-refractivity contribution in [2.24, 2.45) is 0 Å². The van der Waals surface area contributed by atoms with Gasteiger partial charge in [-0.1, -0.05) is 29.5 Å². The second kappa shape index (κ2) is 3.79. The first-order valence-corrected chi connectivity index (χ1v) is 5.21. The molecular formula is C10H6F3NOS. The van der Waals surface area contributed by atoms with Crippen molar-refractivity contribution < 1.29 is 13.2 Å². The lowest BCUT2D eigenvalue weighted by molar-refractivity contribution is -0.142. The number of hydrogen-bond acceptors (Lipinski definition) is 2. The van der Waals surface area contributed by atoms with Gasteiger partial charge in [-0.25, -0.2) is 0 Å². The first-order valence-electron chi connectivity index (χ1n) is 4.33. The molecule has 0 saturated heterocycles. The van der Waals surface area contributed by atoms with Gasteiger partial charge in [-0.15, -0.1) is 0 Å². The lowest BCUT2D eigenvalue weighted by atomic mass is 10.3. The van der Waals surface area contributed by atoms with Crippen LogP contribution in [0.5, 0.6) is 0 Å². The monoisotopic (exact) mass is 245 g/mol. The molecular weight excluding hydrogens is 239 g/mol. The van der Waals surface area contributed by atoms with Crippen molar-refractivity contribution in [3.8, 4) is 5.69 Å². The zero-order chi connectivity index (χ0) is 11.8. The van der Waals surface area contributed by atoms with Crippen molar-refractivity contribution in [2.75, 3.05) is 0 Å². The Morgan fingerprint density at radius 1 is 1.12 bits per heavy atom. The van der Waals surface area contributed by atoms with Crippen molar-refractivity contribution in [1.82, 2.24) is 4.57 Å². The quantitative estimate of drug-likeness (QED) is 0.757. The molecule has 0 saturated carbocycles. The van der Waals surface area contributed by atoms with Crippen LogP contribution in [0, 0.1) is 0 Å². The van der Waals surface area contributed by atoms with Gasteiger partial charge in [0.1, 0.15) is 5.69 Å². The van der Waals surface area contributed by atoms with E-state index in [9.17, 15) is 18.0 Å². The maximum atomic E-state index is 12.6. The topological polar surface area (TPSA) is 22.0 Å². The van der Waals surface area contributed by atoms with E-state index in [1.165, 1.54) is 12.1 Å². The number of hydrogen-bond donors (Lipinski definition) is 0. The first kappa shape index (κ1) is 10.9. The van der Waals surface area contributed by atoms with Gasteiger partial charge in [-0.05, 0) is 12.1 Å². The number of para-hydroxylation sites is 1. The number of alkyl halides is 3. The molecule has 0 aliphatic heterocycles. The standard InChI is InChI=1S/C10H6F3NOS/c11-10(12,13)8-6-16-9(15)14(8)7-4-2-1-3-5-7/h1-6H. The van der Waals surface area contributed by atoms with Crippen molar-refractivity contribution in [1.29, 1.82) is 0 Å². The summed E-state index contributed by atoms with van der Waals surface area (Å²) in [5.41, 5.74) is -0.713. The molecule has 0 aliphatic carbocycles. The Labute approximate surface area is 92.6 Å². The predicted molar refractivity (Wildman–Crippen MR) is 54.9 cm³/mol. The van der Waals surface area contributed by atoms with Crippen molar-refractivity contribution in [3.63, 3.8) is 0 Å². The van der Waals surface area contributed by atoms with E-state index >= 15 is 0 Å². The Hall–Kier alpha value is -1.56. The molecule has 0 atom stereocenters. The molecule has 0 unspecified atom stereocenters. The summed E-state index contributed by atoms with van der Waals surface area (Å²) in [6, 6.07) is 7.76. The summed E-state index contributed by atoms with van der Waals surface area (Å²) in [5.74, 6) is 0. The van der Waals surface area contributed by atoms with Gasteiger partial charge in [0, 0.05) is 5.38 Å². The Morgan fingerprint density at radius 3 is 2.31 bits per heavy atom. The lowest BCUT2D eigenvalue weighted by Crippen LogP contribution is -2.19. The maximum absolute atomic E-state index is 12.6. The second-order valence-electron chi connectivity index (χ2n) is 3.06. The van der Waals surface area contributed by atoms with Crippen LogP contribution in [0.1, 0.15) is 5.69 Å². The number of halogens is 3. The summed E-state index contributed by atoms with van der Waals surface area (Å²) in [6.45, 7) is 0. The number of thiazole rings is 1. The summed E-state index contributed by atoms with van der Waals surface area (Å²) in [5, 5.41) is 0.829. The molecule has 2 aromatic rings. The summed E-state index contributed by atoms with van der Waals surface area (Å²) in [6.07, 6.45) is -4.52. The van der Waals surface area contributed by atoms with Gasteiger partial charge in [-0.2, -0.15) is 13.2 Å². The van der Waals surface area contributed by atoms with Gasteiger partial charge in [0.15, 0.2) is 0 Å². The summed E-state index contributed by atoms with van der Waals surface area (Å²) in [7, 11) is 0. The fourth-order valence-corrected chi connectivity index (χ4v) is 2.09. The summed E-state index contributed by atoms with van der Waals surface area (Å²) in [4.78, 5) is 10.7. The Kier molecular flexibility index (Phi) is 2.59. The Balaban J connectivity index is 2.66. The van der Waals surface area contributed by atoms with Gasteiger partial charge >= 0.3 is 11.0 Å². The first-order chi connectivity index (χ1) is 7.50.